The van der Waals surface area contributed by atoms with Crippen LogP contribution in [0.1, 0.15) is 5.56 Å². The molecule has 2 aromatic rings. The van der Waals surface area contributed by atoms with Crippen LogP contribution in [0.15, 0.2) is 23.4 Å². The lowest BCUT2D eigenvalue weighted by Gasteiger charge is -1.90. The van der Waals surface area contributed by atoms with Gasteiger partial charge < -0.3 is 4.98 Å². The normalized spacial score (nSPS) is 13.3. The predicted octanol–water partition coefficient (Wildman–Crippen LogP) is 1.54. The molecule has 4 nitrogen and oxygen atoms in total. The van der Waals surface area contributed by atoms with E-state index in [9.17, 15) is 4.21 Å². The fourth-order valence-electron chi connectivity index (χ4n) is 1.31. The van der Waals surface area contributed by atoms with Crippen molar-refractivity contribution in [2.45, 2.75) is 12.1 Å². The number of rotatable bonds is 2. The highest BCUT2D eigenvalue weighted by Gasteiger charge is 2.09. The van der Waals surface area contributed by atoms with Crippen LogP contribution in [0.2, 0.25) is 0 Å². The minimum atomic E-state index is -1.50. The highest BCUT2D eigenvalue weighted by Crippen LogP contribution is 2.16. The predicted molar refractivity (Wildman–Crippen MR) is 54.2 cm³/mol. The second kappa shape index (κ2) is 3.51. The summed E-state index contributed by atoms with van der Waals surface area (Å²) in [5.41, 5.74) is 2.77. The third-order valence-corrected chi connectivity index (χ3v) is 2.81. The Hall–Kier alpha value is -1.20. The fourth-order valence-corrected chi connectivity index (χ4v) is 1.83. The van der Waals surface area contributed by atoms with E-state index in [-0.39, 0.29) is 0 Å². The van der Waals surface area contributed by atoms with Crippen LogP contribution in [-0.2, 0) is 15.3 Å². The van der Waals surface area contributed by atoms with Crippen molar-refractivity contribution in [2.75, 3.05) is 7.11 Å². The second-order valence-corrected chi connectivity index (χ2v) is 4.10. The highest BCUT2D eigenvalue weighted by atomic mass is 32.2. The largest absolute Gasteiger partial charge is 0.329 e. The number of benzene rings is 1. The van der Waals surface area contributed by atoms with Gasteiger partial charge in [-0.3, -0.25) is 4.18 Å². The molecule has 0 aliphatic heterocycles. The molecule has 1 heterocycles. The van der Waals surface area contributed by atoms with Crippen LogP contribution in [0.25, 0.3) is 11.0 Å². The van der Waals surface area contributed by atoms with Crippen LogP contribution in [0.5, 0.6) is 0 Å². The summed E-state index contributed by atoms with van der Waals surface area (Å²) in [5.74, 6) is 0. The topological polar surface area (TPSA) is 55.0 Å². The number of aryl methyl sites for hydroxylation is 1. The van der Waals surface area contributed by atoms with Gasteiger partial charge in [-0.05, 0) is 18.6 Å². The molecule has 1 aromatic carbocycles. The van der Waals surface area contributed by atoms with Gasteiger partial charge in [-0.1, -0.05) is 12.1 Å². The molecular weight excluding hydrogens is 200 g/mol. The first kappa shape index (κ1) is 9.36. The molecule has 1 unspecified atom stereocenters. The van der Waals surface area contributed by atoms with Crippen molar-refractivity contribution in [1.29, 1.82) is 0 Å². The van der Waals surface area contributed by atoms with Gasteiger partial charge >= 0.3 is 0 Å². The first-order valence-electron chi connectivity index (χ1n) is 4.14. The Bertz CT molecular complexity index is 493. The lowest BCUT2D eigenvalue weighted by molar-refractivity contribution is 0.441. The van der Waals surface area contributed by atoms with E-state index >= 15 is 0 Å². The Morgan fingerprint density at radius 1 is 1.50 bits per heavy atom. The minimum Gasteiger partial charge on any atom is -0.329 e. The first-order valence-corrected chi connectivity index (χ1v) is 5.21. The van der Waals surface area contributed by atoms with Gasteiger partial charge in [0.15, 0.2) is 0 Å². The van der Waals surface area contributed by atoms with Crippen molar-refractivity contribution < 1.29 is 8.39 Å². The molecule has 14 heavy (non-hydrogen) atoms. The molecule has 5 heteroatoms. The second-order valence-electron chi connectivity index (χ2n) is 2.91. The van der Waals surface area contributed by atoms with Gasteiger partial charge in [0, 0.05) is 0 Å². The van der Waals surface area contributed by atoms with Crippen molar-refractivity contribution >= 4 is 22.1 Å². The van der Waals surface area contributed by atoms with Gasteiger partial charge in [0.2, 0.25) is 16.2 Å². The van der Waals surface area contributed by atoms with Crippen LogP contribution < -0.4 is 0 Å². The van der Waals surface area contributed by atoms with E-state index in [0.29, 0.717) is 5.16 Å². The van der Waals surface area contributed by atoms with E-state index < -0.39 is 11.1 Å². The lowest BCUT2D eigenvalue weighted by Crippen LogP contribution is -1.94. The molecule has 0 saturated carbocycles. The highest BCUT2D eigenvalue weighted by molar-refractivity contribution is 7.80. The maximum Gasteiger partial charge on any atom is 0.226 e. The summed E-state index contributed by atoms with van der Waals surface area (Å²) in [5, 5.41) is 0.358. The van der Waals surface area contributed by atoms with E-state index in [1.807, 2.05) is 25.1 Å². The maximum atomic E-state index is 11.3. The van der Waals surface area contributed by atoms with Gasteiger partial charge in [-0.15, -0.1) is 0 Å². The van der Waals surface area contributed by atoms with E-state index in [4.69, 9.17) is 0 Å². The van der Waals surface area contributed by atoms with E-state index in [0.717, 1.165) is 16.6 Å². The molecule has 1 aromatic heterocycles. The molecule has 0 spiro atoms. The Labute approximate surface area is 84.0 Å². The number of nitrogens with one attached hydrogen (secondary N) is 1. The van der Waals surface area contributed by atoms with Gasteiger partial charge in [0.25, 0.3) is 0 Å². The van der Waals surface area contributed by atoms with Crippen LogP contribution >= 0.6 is 0 Å². The summed E-state index contributed by atoms with van der Waals surface area (Å²) in [6, 6.07) is 5.78. The molecule has 0 saturated heterocycles. The number of hydrogen-bond donors (Lipinski definition) is 1. The Morgan fingerprint density at radius 3 is 2.93 bits per heavy atom. The summed E-state index contributed by atoms with van der Waals surface area (Å²) in [6.07, 6.45) is 0. The van der Waals surface area contributed by atoms with Crippen LogP contribution in [0.3, 0.4) is 0 Å². The Kier molecular flexibility index (Phi) is 2.35. The molecule has 0 amide bonds. The van der Waals surface area contributed by atoms with Gasteiger partial charge in [-0.25, -0.2) is 9.19 Å². The standard InChI is InChI=1S/C9H10N2O2S/c1-6-4-3-5-7-8(6)11-9(10-7)14(12)13-2/h3-5H,1-2H3,(H,10,11). The van der Waals surface area contributed by atoms with Gasteiger partial charge in [0.1, 0.15) is 0 Å². The van der Waals surface area contributed by atoms with E-state index in [1.54, 1.807) is 0 Å². The van der Waals surface area contributed by atoms with Gasteiger partial charge in [-0.2, -0.15) is 0 Å². The van der Waals surface area contributed by atoms with Crippen molar-refractivity contribution in [3.05, 3.63) is 23.8 Å². The number of aromatic amines is 1. The number of H-pyrrole nitrogens is 1. The molecule has 0 bridgehead atoms. The monoisotopic (exact) mass is 210 g/mol. The van der Waals surface area contributed by atoms with E-state index in [1.165, 1.54) is 7.11 Å². The summed E-state index contributed by atoms with van der Waals surface area (Å²) >= 11 is -1.50. The van der Waals surface area contributed by atoms with Crippen molar-refractivity contribution in [2.24, 2.45) is 0 Å². The summed E-state index contributed by atoms with van der Waals surface area (Å²) in [7, 11) is 1.39. The average molecular weight is 210 g/mol. The van der Waals surface area contributed by atoms with E-state index in [2.05, 4.69) is 14.2 Å². The minimum absolute atomic E-state index is 0.358. The third kappa shape index (κ3) is 1.44. The number of fused-ring (bicyclic) bond motifs is 1. The van der Waals surface area contributed by atoms with Crippen molar-refractivity contribution in [1.82, 2.24) is 9.97 Å². The summed E-state index contributed by atoms with van der Waals surface area (Å²) < 4.78 is 16.0. The number of aromatic nitrogens is 2. The number of nitrogens with zero attached hydrogens (tertiary/aromatic N) is 1. The Balaban J connectivity index is 2.62. The van der Waals surface area contributed by atoms with Crippen LogP contribution in [0, 0.1) is 6.92 Å². The third-order valence-electron chi connectivity index (χ3n) is 2.00. The quantitative estimate of drug-likeness (QED) is 0.818. The summed E-state index contributed by atoms with van der Waals surface area (Å²) in [4.78, 5) is 7.15. The molecule has 2 rings (SSSR count). The first-order chi connectivity index (χ1) is 6.72. The number of para-hydroxylation sites is 1. The zero-order valence-corrected chi connectivity index (χ0v) is 8.72. The molecule has 0 fully saturated rings. The molecule has 0 aliphatic carbocycles. The zero-order valence-electron chi connectivity index (χ0n) is 7.90. The van der Waals surface area contributed by atoms with Gasteiger partial charge in [0.05, 0.1) is 18.1 Å². The average Bonchev–Trinajstić information content (AvgIpc) is 2.62. The van der Waals surface area contributed by atoms with Crippen molar-refractivity contribution in [3.8, 4) is 0 Å². The summed E-state index contributed by atoms with van der Waals surface area (Å²) in [6.45, 7) is 1.96. The van der Waals surface area contributed by atoms with Crippen LogP contribution in [0.4, 0.5) is 0 Å². The fraction of sp³-hybridized carbons (Fsp3) is 0.222. The molecule has 0 aliphatic rings. The molecule has 1 N–H and O–H groups in total. The maximum absolute atomic E-state index is 11.3. The smallest absolute Gasteiger partial charge is 0.226 e. The van der Waals surface area contributed by atoms with Crippen molar-refractivity contribution in [3.63, 3.8) is 0 Å². The Morgan fingerprint density at radius 2 is 2.29 bits per heavy atom. The number of imidazole rings is 1. The zero-order chi connectivity index (χ0) is 10.1. The molecular formula is C9H10N2O2S. The molecule has 1 atom stereocenters. The van der Waals surface area contributed by atoms with Crippen LogP contribution in [-0.4, -0.2) is 21.3 Å². The SMILES string of the molecule is COS(=O)c1nc2c(C)cccc2[nH]1. The molecule has 74 valence electrons. The molecule has 0 radical (unpaired) electrons. The lowest BCUT2D eigenvalue weighted by atomic mass is 10.2. The number of hydrogen-bond acceptors (Lipinski definition) is 3.